The molecule has 0 aliphatic heterocycles. The number of hydrogen-bond donors (Lipinski definition) is 2. The Morgan fingerprint density at radius 1 is 1.39 bits per heavy atom. The molecule has 6 heteroatoms. The van der Waals surface area contributed by atoms with Gasteiger partial charge in [-0.1, -0.05) is 30.3 Å². The molecule has 124 valence electrons. The number of hydrogen-bond acceptors (Lipinski definition) is 4. The van der Waals surface area contributed by atoms with Crippen molar-refractivity contribution < 1.29 is 9.53 Å². The Morgan fingerprint density at radius 2 is 2.17 bits per heavy atom. The van der Waals surface area contributed by atoms with Crippen molar-refractivity contribution >= 4 is 5.91 Å². The van der Waals surface area contributed by atoms with Crippen molar-refractivity contribution in [3.05, 3.63) is 54.1 Å². The zero-order valence-electron chi connectivity index (χ0n) is 13.4. The second-order valence-corrected chi connectivity index (χ2v) is 5.35. The fourth-order valence-corrected chi connectivity index (χ4v) is 2.32. The molecule has 1 aromatic heterocycles. The Balaban J connectivity index is 1.82. The summed E-state index contributed by atoms with van der Waals surface area (Å²) in [6.07, 6.45) is 4.63. The third kappa shape index (κ3) is 5.50. The molecule has 1 heterocycles. The summed E-state index contributed by atoms with van der Waals surface area (Å²) < 4.78 is 7.17. The lowest BCUT2D eigenvalue weighted by molar-refractivity contribution is -0.123. The average Bonchev–Trinajstić information content (AvgIpc) is 3.04. The fraction of sp³-hybridized carbons (Fsp3) is 0.412. The molecule has 0 saturated carbocycles. The summed E-state index contributed by atoms with van der Waals surface area (Å²) in [5, 5.41) is 2.86. The molecule has 0 spiro atoms. The molecule has 1 amide bonds. The van der Waals surface area contributed by atoms with Crippen LogP contribution in [0.1, 0.15) is 17.8 Å². The largest absolute Gasteiger partial charge is 0.380 e. The minimum absolute atomic E-state index is 0.0834. The van der Waals surface area contributed by atoms with Gasteiger partial charge in [-0.25, -0.2) is 4.98 Å². The van der Waals surface area contributed by atoms with Crippen molar-refractivity contribution in [1.29, 1.82) is 0 Å². The first-order chi connectivity index (χ1) is 11.2. The van der Waals surface area contributed by atoms with Crippen LogP contribution in [0.15, 0.2) is 42.7 Å². The van der Waals surface area contributed by atoms with Crippen LogP contribution in [0.5, 0.6) is 0 Å². The minimum Gasteiger partial charge on any atom is -0.380 e. The zero-order chi connectivity index (χ0) is 16.5. The number of rotatable bonds is 9. The molecule has 6 nitrogen and oxygen atoms in total. The van der Waals surface area contributed by atoms with Crippen molar-refractivity contribution in [1.82, 2.24) is 14.9 Å². The van der Waals surface area contributed by atoms with E-state index in [0.29, 0.717) is 13.1 Å². The minimum atomic E-state index is -0.243. The maximum atomic E-state index is 11.9. The van der Waals surface area contributed by atoms with Gasteiger partial charge in [-0.05, 0) is 12.0 Å². The van der Waals surface area contributed by atoms with E-state index in [2.05, 4.69) is 27.0 Å². The van der Waals surface area contributed by atoms with Crippen molar-refractivity contribution in [3.63, 3.8) is 0 Å². The molecule has 1 atom stereocenters. The van der Waals surface area contributed by atoms with Crippen LogP contribution in [-0.2, 0) is 29.0 Å². The number of methoxy groups -OCH3 is 1. The summed E-state index contributed by atoms with van der Waals surface area (Å²) >= 11 is 0. The summed E-state index contributed by atoms with van der Waals surface area (Å²) in [7, 11) is 1.56. The number of ether oxygens (including phenoxy) is 1. The van der Waals surface area contributed by atoms with Gasteiger partial charge in [0.25, 0.3) is 0 Å². The standard InChI is InChI=1S/C17H24N4O2/c1-23-15(12-18)11-17(22)20-13-16-19-8-10-21(16)9-7-14-5-3-2-4-6-14/h2-6,8,10,15H,7,9,11-13,18H2,1H3,(H,20,22). The predicted octanol–water partition coefficient (Wildman–Crippen LogP) is 1.11. The van der Waals surface area contributed by atoms with Crippen molar-refractivity contribution in [3.8, 4) is 0 Å². The van der Waals surface area contributed by atoms with Crippen molar-refractivity contribution in [2.45, 2.75) is 32.0 Å². The third-order valence-corrected chi connectivity index (χ3v) is 3.74. The highest BCUT2D eigenvalue weighted by molar-refractivity contribution is 5.76. The summed E-state index contributed by atoms with van der Waals surface area (Å²) in [5.74, 6) is 0.760. The second kappa shape index (κ2) is 9.07. The SMILES string of the molecule is COC(CN)CC(=O)NCc1nccn1CCc1ccccc1. The normalized spacial score (nSPS) is 12.1. The highest BCUT2D eigenvalue weighted by Gasteiger charge is 2.12. The molecule has 0 fully saturated rings. The fourth-order valence-electron chi connectivity index (χ4n) is 2.32. The Kier molecular flexibility index (Phi) is 6.77. The number of imidazole rings is 1. The van der Waals surface area contributed by atoms with E-state index in [1.807, 2.05) is 24.4 Å². The van der Waals surface area contributed by atoms with E-state index in [9.17, 15) is 4.79 Å². The predicted molar refractivity (Wildman–Crippen MR) is 88.7 cm³/mol. The van der Waals surface area contributed by atoms with E-state index in [4.69, 9.17) is 10.5 Å². The number of nitrogens with zero attached hydrogens (tertiary/aromatic N) is 2. The molecule has 2 aromatic rings. The van der Waals surface area contributed by atoms with Crippen molar-refractivity contribution in [2.75, 3.05) is 13.7 Å². The number of aromatic nitrogens is 2. The van der Waals surface area contributed by atoms with Crippen LogP contribution in [0, 0.1) is 0 Å². The van der Waals surface area contributed by atoms with Crippen molar-refractivity contribution in [2.24, 2.45) is 5.73 Å². The van der Waals surface area contributed by atoms with E-state index in [0.717, 1.165) is 18.8 Å². The molecule has 0 saturated heterocycles. The number of amides is 1. The van der Waals surface area contributed by atoms with Gasteiger partial charge in [0, 0.05) is 32.6 Å². The van der Waals surface area contributed by atoms with Crippen LogP contribution in [0.4, 0.5) is 0 Å². The van der Waals surface area contributed by atoms with Gasteiger partial charge < -0.3 is 20.4 Å². The Morgan fingerprint density at radius 3 is 2.87 bits per heavy atom. The maximum Gasteiger partial charge on any atom is 0.223 e. The van der Waals surface area contributed by atoms with Gasteiger partial charge in [-0.3, -0.25) is 4.79 Å². The number of nitrogens with one attached hydrogen (secondary N) is 1. The highest BCUT2D eigenvalue weighted by atomic mass is 16.5. The maximum absolute atomic E-state index is 11.9. The summed E-state index contributed by atoms with van der Waals surface area (Å²) in [4.78, 5) is 16.2. The first-order valence-electron chi connectivity index (χ1n) is 7.76. The van der Waals surface area contributed by atoms with Crippen LogP contribution < -0.4 is 11.1 Å². The highest BCUT2D eigenvalue weighted by Crippen LogP contribution is 2.05. The summed E-state index contributed by atoms with van der Waals surface area (Å²) in [6, 6.07) is 10.3. The van der Waals surface area contributed by atoms with E-state index < -0.39 is 0 Å². The van der Waals surface area contributed by atoms with Gasteiger partial charge in [-0.15, -0.1) is 0 Å². The number of nitrogens with two attached hydrogens (primary N) is 1. The van der Waals surface area contributed by atoms with E-state index >= 15 is 0 Å². The zero-order valence-corrected chi connectivity index (χ0v) is 13.4. The molecule has 0 aliphatic rings. The molecule has 23 heavy (non-hydrogen) atoms. The molecular weight excluding hydrogens is 292 g/mol. The molecule has 2 rings (SSSR count). The smallest absolute Gasteiger partial charge is 0.223 e. The topological polar surface area (TPSA) is 82.2 Å². The molecule has 1 aromatic carbocycles. The monoisotopic (exact) mass is 316 g/mol. The second-order valence-electron chi connectivity index (χ2n) is 5.35. The van der Waals surface area contributed by atoms with E-state index in [-0.39, 0.29) is 18.4 Å². The number of benzene rings is 1. The lowest BCUT2D eigenvalue weighted by Gasteiger charge is -2.13. The average molecular weight is 316 g/mol. The van der Waals surface area contributed by atoms with Crippen LogP contribution in [-0.4, -0.2) is 35.2 Å². The van der Waals surface area contributed by atoms with Gasteiger partial charge in [0.05, 0.1) is 19.1 Å². The third-order valence-electron chi connectivity index (χ3n) is 3.74. The Labute approximate surface area is 136 Å². The lowest BCUT2D eigenvalue weighted by atomic mass is 10.1. The number of carbonyl (C=O) groups excluding carboxylic acids is 1. The first kappa shape index (κ1) is 17.2. The molecule has 0 aliphatic carbocycles. The van der Waals surface area contributed by atoms with Gasteiger partial charge >= 0.3 is 0 Å². The molecule has 3 N–H and O–H groups in total. The van der Waals surface area contributed by atoms with Gasteiger partial charge in [0.15, 0.2) is 0 Å². The van der Waals surface area contributed by atoms with E-state index in [1.54, 1.807) is 13.3 Å². The van der Waals surface area contributed by atoms with Crippen LogP contribution in [0.3, 0.4) is 0 Å². The van der Waals surface area contributed by atoms with Gasteiger partial charge in [-0.2, -0.15) is 0 Å². The Hall–Kier alpha value is -2.18. The van der Waals surface area contributed by atoms with E-state index in [1.165, 1.54) is 5.56 Å². The van der Waals surface area contributed by atoms with Gasteiger partial charge in [0.2, 0.25) is 5.91 Å². The van der Waals surface area contributed by atoms with Crippen LogP contribution >= 0.6 is 0 Å². The van der Waals surface area contributed by atoms with Crippen LogP contribution in [0.2, 0.25) is 0 Å². The van der Waals surface area contributed by atoms with Crippen LogP contribution in [0.25, 0.3) is 0 Å². The quantitative estimate of drug-likeness (QED) is 0.726. The van der Waals surface area contributed by atoms with Gasteiger partial charge in [0.1, 0.15) is 5.82 Å². The lowest BCUT2D eigenvalue weighted by Crippen LogP contribution is -2.32. The molecule has 0 bridgehead atoms. The number of aryl methyl sites for hydroxylation is 2. The molecule has 1 unspecified atom stereocenters. The molecular formula is C17H24N4O2. The molecule has 0 radical (unpaired) electrons. The first-order valence-corrected chi connectivity index (χ1v) is 7.76. The Bertz CT molecular complexity index is 594. The summed E-state index contributed by atoms with van der Waals surface area (Å²) in [5.41, 5.74) is 6.80. The summed E-state index contributed by atoms with van der Waals surface area (Å²) in [6.45, 7) is 1.57. The number of carbonyl (C=O) groups is 1.